The molecule has 0 aliphatic rings. The highest BCUT2D eigenvalue weighted by Crippen LogP contribution is 2.22. The Kier molecular flexibility index (Phi) is 1.62. The molecule has 2 rings (SSSR count). The fraction of sp³-hybridized carbons (Fsp3) is 0.111. The van der Waals surface area contributed by atoms with Crippen molar-refractivity contribution in [1.82, 2.24) is 10.2 Å². The molecule has 0 fully saturated rings. The normalized spacial score (nSPS) is 10.6. The third kappa shape index (κ3) is 1.11. The summed E-state index contributed by atoms with van der Waals surface area (Å²) in [6.45, 7) is 1.66. The first kappa shape index (κ1) is 7.91. The number of nitrogen functional groups attached to an aromatic ring is 1. The molecule has 0 aliphatic heterocycles. The highest BCUT2D eigenvalue weighted by Gasteiger charge is 2.06. The molecule has 1 aromatic heterocycles. The Morgan fingerprint density at radius 3 is 2.92 bits per heavy atom. The van der Waals surface area contributed by atoms with Gasteiger partial charge in [0.2, 0.25) is 0 Å². The first-order valence-electron chi connectivity index (χ1n) is 3.86. The number of rotatable bonds is 0. The van der Waals surface area contributed by atoms with Crippen LogP contribution in [0.15, 0.2) is 18.3 Å². The minimum Gasteiger partial charge on any atom is -0.397 e. The molecule has 1 heterocycles. The maximum Gasteiger partial charge on any atom is 0.128 e. The van der Waals surface area contributed by atoms with Crippen LogP contribution in [0.1, 0.15) is 5.56 Å². The number of aryl methyl sites for hydroxylation is 1. The van der Waals surface area contributed by atoms with E-state index in [1.807, 2.05) is 0 Å². The van der Waals surface area contributed by atoms with Gasteiger partial charge in [-0.1, -0.05) is 0 Å². The van der Waals surface area contributed by atoms with Crippen LogP contribution < -0.4 is 5.73 Å². The average Bonchev–Trinajstić information content (AvgIpc) is 2.12. The first-order chi connectivity index (χ1) is 6.20. The highest BCUT2D eigenvalue weighted by molar-refractivity contribution is 5.91. The topological polar surface area (TPSA) is 51.8 Å². The van der Waals surface area contributed by atoms with Gasteiger partial charge in [-0.2, -0.15) is 5.10 Å². The van der Waals surface area contributed by atoms with Gasteiger partial charge in [-0.05, 0) is 19.1 Å². The average molecular weight is 177 g/mol. The van der Waals surface area contributed by atoms with Gasteiger partial charge in [0.1, 0.15) is 11.3 Å². The Morgan fingerprint density at radius 2 is 2.15 bits per heavy atom. The molecule has 0 radical (unpaired) electrons. The van der Waals surface area contributed by atoms with Crippen LogP contribution in [0, 0.1) is 12.7 Å². The lowest BCUT2D eigenvalue weighted by Crippen LogP contribution is -1.95. The van der Waals surface area contributed by atoms with Crippen molar-refractivity contribution in [3.05, 3.63) is 29.7 Å². The van der Waals surface area contributed by atoms with Crippen molar-refractivity contribution >= 4 is 16.6 Å². The fourth-order valence-electron chi connectivity index (χ4n) is 1.26. The maximum absolute atomic E-state index is 13.1. The van der Waals surface area contributed by atoms with Crippen LogP contribution in [0.3, 0.4) is 0 Å². The second kappa shape index (κ2) is 2.65. The molecule has 0 saturated carbocycles. The van der Waals surface area contributed by atoms with Crippen molar-refractivity contribution in [1.29, 1.82) is 0 Å². The van der Waals surface area contributed by atoms with Crippen LogP contribution in [0.4, 0.5) is 10.1 Å². The summed E-state index contributed by atoms with van der Waals surface area (Å²) < 4.78 is 13.1. The van der Waals surface area contributed by atoms with Gasteiger partial charge in [0.25, 0.3) is 0 Å². The van der Waals surface area contributed by atoms with E-state index in [2.05, 4.69) is 10.2 Å². The lowest BCUT2D eigenvalue weighted by Gasteiger charge is -2.02. The molecule has 4 heteroatoms. The van der Waals surface area contributed by atoms with E-state index in [1.165, 1.54) is 12.3 Å². The minimum absolute atomic E-state index is 0.285. The smallest absolute Gasteiger partial charge is 0.128 e. The number of anilines is 1. The predicted molar refractivity (Wildman–Crippen MR) is 48.6 cm³/mol. The number of fused-ring (bicyclic) bond motifs is 1. The van der Waals surface area contributed by atoms with Crippen LogP contribution in [0.5, 0.6) is 0 Å². The third-order valence-electron chi connectivity index (χ3n) is 2.03. The summed E-state index contributed by atoms with van der Waals surface area (Å²) in [5.41, 5.74) is 7.18. The van der Waals surface area contributed by atoms with Crippen molar-refractivity contribution in [3.8, 4) is 0 Å². The number of hydrogen-bond acceptors (Lipinski definition) is 3. The van der Waals surface area contributed by atoms with E-state index >= 15 is 0 Å². The van der Waals surface area contributed by atoms with Crippen molar-refractivity contribution in [3.63, 3.8) is 0 Å². The molecular weight excluding hydrogens is 169 g/mol. The zero-order valence-electron chi connectivity index (χ0n) is 7.08. The molecule has 0 amide bonds. The highest BCUT2D eigenvalue weighted by atomic mass is 19.1. The number of benzene rings is 1. The largest absolute Gasteiger partial charge is 0.397 e. The summed E-state index contributed by atoms with van der Waals surface area (Å²) in [5, 5.41) is 8.25. The minimum atomic E-state index is -0.285. The fourth-order valence-corrected chi connectivity index (χ4v) is 1.26. The van der Waals surface area contributed by atoms with Gasteiger partial charge in [-0.3, -0.25) is 0 Å². The zero-order chi connectivity index (χ0) is 9.42. The van der Waals surface area contributed by atoms with Gasteiger partial charge in [0, 0.05) is 10.9 Å². The summed E-state index contributed by atoms with van der Waals surface area (Å²) in [4.78, 5) is 0. The number of hydrogen-bond donors (Lipinski definition) is 1. The van der Waals surface area contributed by atoms with E-state index in [-0.39, 0.29) is 5.82 Å². The predicted octanol–water partition coefficient (Wildman–Crippen LogP) is 1.66. The second-order valence-corrected chi connectivity index (χ2v) is 2.87. The quantitative estimate of drug-likeness (QED) is 0.665. The van der Waals surface area contributed by atoms with E-state index < -0.39 is 0 Å². The summed E-state index contributed by atoms with van der Waals surface area (Å²) in [7, 11) is 0. The van der Waals surface area contributed by atoms with Crippen LogP contribution in [0.2, 0.25) is 0 Å². The Bertz CT molecular complexity index is 468. The van der Waals surface area contributed by atoms with Crippen molar-refractivity contribution < 1.29 is 4.39 Å². The lowest BCUT2D eigenvalue weighted by atomic mass is 10.1. The van der Waals surface area contributed by atoms with Crippen LogP contribution in [0.25, 0.3) is 10.9 Å². The van der Waals surface area contributed by atoms with Crippen molar-refractivity contribution in [2.45, 2.75) is 6.92 Å². The van der Waals surface area contributed by atoms with Crippen molar-refractivity contribution in [2.24, 2.45) is 0 Å². The van der Waals surface area contributed by atoms with E-state index in [1.54, 1.807) is 13.0 Å². The Hall–Kier alpha value is -1.71. The SMILES string of the molecule is Cc1c(F)ccc2c(N)cnnc12. The molecule has 0 unspecified atom stereocenters. The second-order valence-electron chi connectivity index (χ2n) is 2.87. The van der Waals surface area contributed by atoms with E-state index in [0.29, 0.717) is 16.8 Å². The van der Waals surface area contributed by atoms with Crippen molar-refractivity contribution in [2.75, 3.05) is 5.73 Å². The Morgan fingerprint density at radius 1 is 1.38 bits per heavy atom. The van der Waals surface area contributed by atoms with Crippen LogP contribution in [-0.4, -0.2) is 10.2 Å². The molecule has 0 bridgehead atoms. The van der Waals surface area contributed by atoms with E-state index in [0.717, 1.165) is 5.39 Å². The molecule has 1 aromatic carbocycles. The number of nitrogens with two attached hydrogens (primary N) is 1. The van der Waals surface area contributed by atoms with Crippen LogP contribution in [-0.2, 0) is 0 Å². The molecule has 0 spiro atoms. The van der Waals surface area contributed by atoms with E-state index in [4.69, 9.17) is 5.73 Å². The number of aromatic nitrogens is 2. The summed E-state index contributed by atoms with van der Waals surface area (Å²) >= 11 is 0. The Labute approximate surface area is 74.4 Å². The standard InChI is InChI=1S/C9H8FN3/c1-5-7(10)3-2-6-8(11)4-12-13-9(5)6/h2-4H,1H3,(H2,11,13). The number of halogens is 1. The third-order valence-corrected chi connectivity index (χ3v) is 2.03. The molecule has 66 valence electrons. The number of nitrogens with zero attached hydrogens (tertiary/aromatic N) is 2. The molecule has 0 aliphatic carbocycles. The van der Waals surface area contributed by atoms with Gasteiger partial charge in [0.15, 0.2) is 0 Å². The Balaban J connectivity index is 2.94. The molecule has 13 heavy (non-hydrogen) atoms. The van der Waals surface area contributed by atoms with Gasteiger partial charge in [0.05, 0.1) is 11.9 Å². The molecule has 3 nitrogen and oxygen atoms in total. The van der Waals surface area contributed by atoms with Gasteiger partial charge in [-0.15, -0.1) is 5.10 Å². The van der Waals surface area contributed by atoms with E-state index in [9.17, 15) is 4.39 Å². The first-order valence-corrected chi connectivity index (χ1v) is 3.86. The molecule has 0 atom stereocenters. The monoisotopic (exact) mass is 177 g/mol. The zero-order valence-corrected chi connectivity index (χ0v) is 7.08. The lowest BCUT2D eigenvalue weighted by molar-refractivity contribution is 0.620. The summed E-state index contributed by atoms with van der Waals surface area (Å²) in [6.07, 6.45) is 1.46. The van der Waals surface area contributed by atoms with Gasteiger partial charge < -0.3 is 5.73 Å². The van der Waals surface area contributed by atoms with Gasteiger partial charge >= 0.3 is 0 Å². The summed E-state index contributed by atoms with van der Waals surface area (Å²) in [6, 6.07) is 3.00. The molecule has 2 aromatic rings. The summed E-state index contributed by atoms with van der Waals surface area (Å²) in [5.74, 6) is -0.285. The van der Waals surface area contributed by atoms with Gasteiger partial charge in [-0.25, -0.2) is 4.39 Å². The van der Waals surface area contributed by atoms with Crippen LogP contribution >= 0.6 is 0 Å². The molecule has 0 saturated heterocycles. The molecule has 2 N–H and O–H groups in total. The maximum atomic E-state index is 13.1. The molecular formula is C9H8FN3.